The highest BCUT2D eigenvalue weighted by Crippen LogP contribution is 2.43. The molecule has 9 heteroatoms. The second kappa shape index (κ2) is 46.5. The molecule has 0 heterocycles. The van der Waals surface area contributed by atoms with Gasteiger partial charge in [0.2, 0.25) is 0 Å². The number of quaternary nitrogens is 1. The number of unbranched alkanes of at least 4 members (excludes halogenated alkanes) is 21. The van der Waals surface area contributed by atoms with E-state index in [4.69, 9.17) is 18.5 Å². The first-order valence-corrected chi connectivity index (χ1v) is 27.2. The number of carbonyl (C=O) groups is 1. The van der Waals surface area contributed by atoms with Gasteiger partial charge < -0.3 is 18.9 Å². The number of hydrogen-bond acceptors (Lipinski definition) is 6. The van der Waals surface area contributed by atoms with E-state index >= 15 is 0 Å². The number of rotatable bonds is 47. The maximum atomic E-state index is 12.8. The maximum Gasteiger partial charge on any atom is 0.472 e. The Morgan fingerprint density at radius 2 is 0.921 bits per heavy atom. The first-order valence-electron chi connectivity index (χ1n) is 25.7. The molecule has 0 aromatic rings. The van der Waals surface area contributed by atoms with Crippen LogP contribution in [0.3, 0.4) is 0 Å². The fourth-order valence-corrected chi connectivity index (χ4v) is 7.55. The van der Waals surface area contributed by atoms with Crippen LogP contribution >= 0.6 is 7.82 Å². The predicted molar refractivity (Wildman–Crippen MR) is 270 cm³/mol. The third-order valence-corrected chi connectivity index (χ3v) is 11.7. The Labute approximate surface area is 389 Å². The highest BCUT2D eigenvalue weighted by atomic mass is 31.2. The molecular weight excluding hydrogens is 806 g/mol. The number of phosphoric acid groups is 1. The second-order valence-corrected chi connectivity index (χ2v) is 19.6. The fourth-order valence-electron chi connectivity index (χ4n) is 6.81. The molecule has 0 aliphatic rings. The van der Waals surface area contributed by atoms with Crippen molar-refractivity contribution in [1.82, 2.24) is 0 Å². The van der Waals surface area contributed by atoms with E-state index in [0.29, 0.717) is 24.1 Å². The summed E-state index contributed by atoms with van der Waals surface area (Å²) in [6, 6.07) is 0. The van der Waals surface area contributed by atoms with Gasteiger partial charge >= 0.3 is 13.8 Å². The van der Waals surface area contributed by atoms with Crippen LogP contribution in [0.4, 0.5) is 0 Å². The Morgan fingerprint density at radius 1 is 0.508 bits per heavy atom. The zero-order valence-electron chi connectivity index (χ0n) is 41.5. The minimum atomic E-state index is -4.29. The molecule has 366 valence electrons. The normalized spacial score (nSPS) is 14.2. The van der Waals surface area contributed by atoms with Crippen LogP contribution in [0.2, 0.25) is 0 Å². The standard InChI is InChI=1S/C54H98NO7P/c1-6-8-10-12-14-16-18-20-22-24-26-27-28-30-32-34-36-38-40-42-44-46-49-59-51-53(52-61-63(57,58)60-50-48-55(3,4)5)62-54(56)47-45-43-41-39-37-35-33-31-29-25-23-21-19-17-15-13-11-9-7-2/h9,11,15,17-18,20-21,23-24,26,29,31,53H,6-8,10,12-14,16,19,22,25,27-28,30,32-52H2,1-5H3/p+1/b11-9-,17-15-,20-18-,23-21-,26-24-,31-29-. The molecule has 0 saturated carbocycles. The van der Waals surface area contributed by atoms with Crippen molar-refractivity contribution in [3.8, 4) is 0 Å². The lowest BCUT2D eigenvalue weighted by molar-refractivity contribution is -0.870. The monoisotopic (exact) mass is 905 g/mol. The van der Waals surface area contributed by atoms with E-state index in [1.165, 1.54) is 109 Å². The molecule has 8 nitrogen and oxygen atoms in total. The van der Waals surface area contributed by atoms with Gasteiger partial charge in [0.05, 0.1) is 34.4 Å². The van der Waals surface area contributed by atoms with Crippen molar-refractivity contribution in [3.63, 3.8) is 0 Å². The van der Waals surface area contributed by atoms with Crippen LogP contribution in [-0.2, 0) is 27.9 Å². The number of likely N-dealkylation sites (N-methyl/N-ethyl adjacent to an activating group) is 1. The molecule has 0 bridgehead atoms. The Hall–Kier alpha value is -2.06. The van der Waals surface area contributed by atoms with Crippen LogP contribution < -0.4 is 0 Å². The van der Waals surface area contributed by atoms with Gasteiger partial charge in [0.15, 0.2) is 0 Å². The van der Waals surface area contributed by atoms with Gasteiger partial charge in [0.25, 0.3) is 0 Å². The van der Waals surface area contributed by atoms with Crippen LogP contribution in [0.5, 0.6) is 0 Å². The summed E-state index contributed by atoms with van der Waals surface area (Å²) in [4.78, 5) is 23.0. The number of esters is 1. The summed E-state index contributed by atoms with van der Waals surface area (Å²) >= 11 is 0. The summed E-state index contributed by atoms with van der Waals surface area (Å²) in [6.45, 7) is 5.48. The maximum absolute atomic E-state index is 12.8. The van der Waals surface area contributed by atoms with Crippen molar-refractivity contribution < 1.29 is 37.3 Å². The average molecular weight is 905 g/mol. The van der Waals surface area contributed by atoms with Crippen LogP contribution in [0.1, 0.15) is 206 Å². The van der Waals surface area contributed by atoms with Crippen LogP contribution in [0.25, 0.3) is 0 Å². The third kappa shape index (κ3) is 50.8. The summed E-state index contributed by atoms with van der Waals surface area (Å²) < 4.78 is 35.1. The van der Waals surface area contributed by atoms with E-state index in [1.807, 2.05) is 21.1 Å². The molecule has 0 aromatic heterocycles. The lowest BCUT2D eigenvalue weighted by Crippen LogP contribution is -2.37. The molecule has 0 rings (SSSR count). The van der Waals surface area contributed by atoms with Gasteiger partial charge in [0.1, 0.15) is 19.3 Å². The summed E-state index contributed by atoms with van der Waals surface area (Å²) in [7, 11) is 1.65. The average Bonchev–Trinajstić information content (AvgIpc) is 3.24. The minimum absolute atomic E-state index is 0.0817. The molecule has 2 unspecified atom stereocenters. The molecule has 0 radical (unpaired) electrons. The highest BCUT2D eigenvalue weighted by Gasteiger charge is 2.26. The number of hydrogen-bond donors (Lipinski definition) is 1. The van der Waals surface area contributed by atoms with Crippen molar-refractivity contribution in [2.24, 2.45) is 0 Å². The molecule has 0 fully saturated rings. The van der Waals surface area contributed by atoms with Gasteiger partial charge in [-0.3, -0.25) is 13.8 Å². The number of allylic oxidation sites excluding steroid dienone is 12. The molecule has 0 aromatic carbocycles. The largest absolute Gasteiger partial charge is 0.472 e. The molecule has 0 aliphatic heterocycles. The number of phosphoric ester groups is 1. The van der Waals surface area contributed by atoms with Gasteiger partial charge in [0, 0.05) is 13.0 Å². The predicted octanol–water partition coefficient (Wildman–Crippen LogP) is 15.8. The van der Waals surface area contributed by atoms with E-state index in [2.05, 4.69) is 86.8 Å². The summed E-state index contributed by atoms with van der Waals surface area (Å²) in [5.74, 6) is -0.330. The molecule has 0 aliphatic carbocycles. The van der Waals surface area contributed by atoms with Gasteiger partial charge in [-0.2, -0.15) is 0 Å². The molecule has 1 N–H and O–H groups in total. The van der Waals surface area contributed by atoms with Gasteiger partial charge in [-0.15, -0.1) is 0 Å². The minimum Gasteiger partial charge on any atom is -0.457 e. The van der Waals surface area contributed by atoms with E-state index in [-0.39, 0.29) is 25.8 Å². The van der Waals surface area contributed by atoms with Crippen LogP contribution in [0, 0.1) is 0 Å². The van der Waals surface area contributed by atoms with Gasteiger partial charge in [-0.25, -0.2) is 4.57 Å². The smallest absolute Gasteiger partial charge is 0.457 e. The quantitative estimate of drug-likeness (QED) is 0.0214. The zero-order chi connectivity index (χ0) is 46.2. The summed E-state index contributed by atoms with van der Waals surface area (Å²) in [5.41, 5.74) is 0. The Kier molecular flexibility index (Phi) is 44.9. The lowest BCUT2D eigenvalue weighted by atomic mass is 10.1. The number of carbonyl (C=O) groups excluding carboxylic acids is 1. The first kappa shape index (κ1) is 60.9. The Bertz CT molecular complexity index is 1230. The van der Waals surface area contributed by atoms with Crippen molar-refractivity contribution >= 4 is 13.8 Å². The molecular formula is C54H99NO7P+. The number of ether oxygens (including phenoxy) is 2. The Balaban J connectivity index is 4.18. The van der Waals surface area contributed by atoms with E-state index in [1.54, 1.807) is 0 Å². The van der Waals surface area contributed by atoms with E-state index in [9.17, 15) is 14.3 Å². The lowest BCUT2D eigenvalue weighted by Gasteiger charge is -2.24. The van der Waals surface area contributed by atoms with Crippen LogP contribution in [-0.4, -0.2) is 75.6 Å². The number of nitrogens with zero attached hydrogens (tertiary/aromatic N) is 1. The molecule has 0 saturated heterocycles. The van der Waals surface area contributed by atoms with Crippen LogP contribution in [0.15, 0.2) is 72.9 Å². The Morgan fingerprint density at radius 3 is 1.38 bits per heavy atom. The second-order valence-electron chi connectivity index (χ2n) is 18.2. The first-order chi connectivity index (χ1) is 30.6. The van der Waals surface area contributed by atoms with Crippen molar-refractivity contribution in [2.75, 3.05) is 54.1 Å². The fraction of sp³-hybridized carbons (Fsp3) is 0.759. The molecule has 0 spiro atoms. The third-order valence-electron chi connectivity index (χ3n) is 10.8. The van der Waals surface area contributed by atoms with Crippen molar-refractivity contribution in [1.29, 1.82) is 0 Å². The molecule has 63 heavy (non-hydrogen) atoms. The zero-order valence-corrected chi connectivity index (χ0v) is 42.4. The van der Waals surface area contributed by atoms with Crippen molar-refractivity contribution in [3.05, 3.63) is 72.9 Å². The topological polar surface area (TPSA) is 91.3 Å². The van der Waals surface area contributed by atoms with Gasteiger partial charge in [-0.05, 0) is 83.5 Å². The SMILES string of the molecule is CC/C=C\C/C=C\C/C=C\C/C=C\CCCCCCCCC(=O)OC(COCCCCCCCCCCCC/C=C\C/C=C\CCCCCCC)COP(=O)(O)OCC[N+](C)(C)C. The van der Waals surface area contributed by atoms with Crippen molar-refractivity contribution in [2.45, 2.75) is 213 Å². The summed E-state index contributed by atoms with van der Waals surface area (Å²) in [5, 5.41) is 0. The molecule has 2 atom stereocenters. The van der Waals surface area contributed by atoms with E-state index in [0.717, 1.165) is 77.0 Å². The summed E-state index contributed by atoms with van der Waals surface area (Å²) in [6.07, 6.45) is 60.9. The highest BCUT2D eigenvalue weighted by molar-refractivity contribution is 7.47. The van der Waals surface area contributed by atoms with E-state index < -0.39 is 13.9 Å². The molecule has 0 amide bonds. The van der Waals surface area contributed by atoms with Gasteiger partial charge in [-0.1, -0.05) is 189 Å².